The summed E-state index contributed by atoms with van der Waals surface area (Å²) < 4.78 is 1.69. The zero-order valence-electron chi connectivity index (χ0n) is 15.9. The standard InChI is InChI=1S/C21H29N5O/c27-21(17-9-10-20(22-15-17)26-14-6-11-23-26)24-19-8-3-2-7-18(19)16-25-12-4-1-5-13-25/h6,9-11,14-15,18-19H,1-5,7-8,12-13,16H2,(H,24,27). The number of likely N-dealkylation sites (tertiary alicyclic amines) is 1. The van der Waals surface area contributed by atoms with Gasteiger partial charge in [-0.05, 0) is 62.9 Å². The zero-order chi connectivity index (χ0) is 18.5. The summed E-state index contributed by atoms with van der Waals surface area (Å²) in [5.74, 6) is 1.28. The monoisotopic (exact) mass is 367 g/mol. The summed E-state index contributed by atoms with van der Waals surface area (Å²) >= 11 is 0. The first-order valence-electron chi connectivity index (χ1n) is 10.3. The molecule has 6 heteroatoms. The van der Waals surface area contributed by atoms with Crippen LogP contribution in [0.5, 0.6) is 0 Å². The lowest BCUT2D eigenvalue weighted by Gasteiger charge is -2.37. The second-order valence-electron chi connectivity index (χ2n) is 7.84. The molecule has 1 N–H and O–H groups in total. The van der Waals surface area contributed by atoms with Gasteiger partial charge in [-0.3, -0.25) is 4.79 Å². The van der Waals surface area contributed by atoms with Crippen molar-refractivity contribution in [2.75, 3.05) is 19.6 Å². The molecule has 3 heterocycles. The van der Waals surface area contributed by atoms with Crippen LogP contribution in [0.3, 0.4) is 0 Å². The molecule has 27 heavy (non-hydrogen) atoms. The number of nitrogens with one attached hydrogen (secondary N) is 1. The van der Waals surface area contributed by atoms with E-state index in [1.165, 1.54) is 51.6 Å². The highest BCUT2D eigenvalue weighted by Crippen LogP contribution is 2.26. The Morgan fingerprint density at radius 2 is 1.96 bits per heavy atom. The topological polar surface area (TPSA) is 63.1 Å². The molecule has 1 aliphatic heterocycles. The van der Waals surface area contributed by atoms with E-state index in [9.17, 15) is 4.79 Å². The zero-order valence-corrected chi connectivity index (χ0v) is 15.9. The van der Waals surface area contributed by atoms with Crippen LogP contribution in [0.15, 0.2) is 36.8 Å². The number of hydrogen-bond donors (Lipinski definition) is 1. The summed E-state index contributed by atoms with van der Waals surface area (Å²) in [6.45, 7) is 3.56. The van der Waals surface area contributed by atoms with E-state index in [0.717, 1.165) is 18.8 Å². The van der Waals surface area contributed by atoms with Crippen molar-refractivity contribution in [3.63, 3.8) is 0 Å². The van der Waals surface area contributed by atoms with Crippen molar-refractivity contribution in [1.82, 2.24) is 25.0 Å². The van der Waals surface area contributed by atoms with Crippen LogP contribution in [0, 0.1) is 5.92 Å². The van der Waals surface area contributed by atoms with Crippen molar-refractivity contribution in [2.24, 2.45) is 5.92 Å². The summed E-state index contributed by atoms with van der Waals surface area (Å²) in [5.41, 5.74) is 0.619. The van der Waals surface area contributed by atoms with Gasteiger partial charge in [-0.2, -0.15) is 5.10 Å². The van der Waals surface area contributed by atoms with Gasteiger partial charge in [0.25, 0.3) is 5.91 Å². The summed E-state index contributed by atoms with van der Waals surface area (Å²) in [7, 11) is 0. The highest BCUT2D eigenvalue weighted by atomic mass is 16.1. The molecule has 2 fully saturated rings. The lowest BCUT2D eigenvalue weighted by atomic mass is 9.83. The molecule has 2 unspecified atom stereocenters. The fourth-order valence-corrected chi connectivity index (χ4v) is 4.40. The van der Waals surface area contributed by atoms with Crippen LogP contribution in [0.1, 0.15) is 55.3 Å². The van der Waals surface area contributed by atoms with Crippen molar-refractivity contribution in [1.29, 1.82) is 0 Å². The molecule has 2 aromatic rings. The fourth-order valence-electron chi connectivity index (χ4n) is 4.40. The molecule has 0 radical (unpaired) electrons. The number of pyridine rings is 1. The molecule has 1 amide bonds. The van der Waals surface area contributed by atoms with E-state index in [0.29, 0.717) is 11.5 Å². The smallest absolute Gasteiger partial charge is 0.253 e. The van der Waals surface area contributed by atoms with Crippen LogP contribution in [0.25, 0.3) is 5.82 Å². The Balaban J connectivity index is 1.37. The average molecular weight is 367 g/mol. The number of aromatic nitrogens is 3. The number of amides is 1. The number of nitrogens with zero attached hydrogens (tertiary/aromatic N) is 4. The summed E-state index contributed by atoms with van der Waals surface area (Å²) in [6, 6.07) is 5.81. The molecule has 0 spiro atoms. The molecule has 1 saturated carbocycles. The second-order valence-corrected chi connectivity index (χ2v) is 7.84. The Labute approximate surface area is 161 Å². The van der Waals surface area contributed by atoms with Crippen molar-refractivity contribution in [3.05, 3.63) is 42.4 Å². The molecule has 0 aromatic carbocycles. The van der Waals surface area contributed by atoms with Gasteiger partial charge in [0, 0.05) is 31.2 Å². The van der Waals surface area contributed by atoms with E-state index in [4.69, 9.17) is 0 Å². The molecule has 2 aromatic heterocycles. The predicted octanol–water partition coefficient (Wildman–Crippen LogP) is 3.04. The first-order valence-corrected chi connectivity index (χ1v) is 10.3. The average Bonchev–Trinajstić information content (AvgIpc) is 3.25. The van der Waals surface area contributed by atoms with Crippen LogP contribution in [0.4, 0.5) is 0 Å². The molecular formula is C21H29N5O. The van der Waals surface area contributed by atoms with Gasteiger partial charge < -0.3 is 10.2 Å². The number of piperidine rings is 1. The molecular weight excluding hydrogens is 338 g/mol. The predicted molar refractivity (Wildman–Crippen MR) is 105 cm³/mol. The van der Waals surface area contributed by atoms with E-state index in [1.807, 2.05) is 24.4 Å². The minimum absolute atomic E-state index is 0.00920. The molecule has 4 rings (SSSR count). The van der Waals surface area contributed by atoms with Crippen molar-refractivity contribution in [2.45, 2.75) is 51.0 Å². The van der Waals surface area contributed by atoms with E-state index < -0.39 is 0 Å². The Morgan fingerprint density at radius 1 is 1.11 bits per heavy atom. The summed E-state index contributed by atoms with van der Waals surface area (Å²) in [4.78, 5) is 19.7. The molecule has 2 aliphatic rings. The van der Waals surface area contributed by atoms with Crippen molar-refractivity contribution >= 4 is 5.91 Å². The largest absolute Gasteiger partial charge is 0.349 e. The van der Waals surface area contributed by atoms with Crippen LogP contribution in [-0.4, -0.2) is 51.2 Å². The normalized spacial score (nSPS) is 23.9. The van der Waals surface area contributed by atoms with Gasteiger partial charge in [-0.15, -0.1) is 0 Å². The third-order valence-electron chi connectivity index (χ3n) is 5.92. The minimum atomic E-state index is -0.00920. The van der Waals surface area contributed by atoms with Crippen LogP contribution in [0.2, 0.25) is 0 Å². The van der Waals surface area contributed by atoms with Gasteiger partial charge in [-0.25, -0.2) is 9.67 Å². The Bertz CT molecular complexity index is 722. The lowest BCUT2D eigenvalue weighted by Crippen LogP contribution is -2.47. The van der Waals surface area contributed by atoms with Gasteiger partial charge in [0.2, 0.25) is 0 Å². The van der Waals surface area contributed by atoms with Crippen LogP contribution >= 0.6 is 0 Å². The van der Waals surface area contributed by atoms with E-state index in [1.54, 1.807) is 17.1 Å². The van der Waals surface area contributed by atoms with Crippen molar-refractivity contribution in [3.8, 4) is 5.82 Å². The number of hydrogen-bond acceptors (Lipinski definition) is 4. The fraction of sp³-hybridized carbons (Fsp3) is 0.571. The third-order valence-corrected chi connectivity index (χ3v) is 5.92. The van der Waals surface area contributed by atoms with Gasteiger partial charge in [0.1, 0.15) is 0 Å². The maximum atomic E-state index is 12.8. The number of carbonyl (C=O) groups excluding carboxylic acids is 1. The first-order chi connectivity index (χ1) is 13.3. The Kier molecular flexibility index (Phi) is 5.82. The maximum absolute atomic E-state index is 12.8. The van der Waals surface area contributed by atoms with Gasteiger partial charge in [0.15, 0.2) is 5.82 Å². The molecule has 1 aliphatic carbocycles. The summed E-state index contributed by atoms with van der Waals surface area (Å²) in [6.07, 6.45) is 14.0. The van der Waals surface area contributed by atoms with Gasteiger partial charge in [-0.1, -0.05) is 19.3 Å². The van der Waals surface area contributed by atoms with Gasteiger partial charge >= 0.3 is 0 Å². The Morgan fingerprint density at radius 3 is 2.70 bits per heavy atom. The first kappa shape index (κ1) is 18.2. The lowest BCUT2D eigenvalue weighted by molar-refractivity contribution is 0.0877. The van der Waals surface area contributed by atoms with Crippen molar-refractivity contribution < 1.29 is 4.79 Å². The molecule has 1 saturated heterocycles. The second kappa shape index (κ2) is 8.65. The molecule has 2 atom stereocenters. The molecule has 0 bridgehead atoms. The van der Waals surface area contributed by atoms with E-state index >= 15 is 0 Å². The molecule has 144 valence electrons. The number of carbonyl (C=O) groups is 1. The van der Waals surface area contributed by atoms with Crippen LogP contribution in [-0.2, 0) is 0 Å². The Hall–Kier alpha value is -2.21. The number of rotatable bonds is 5. The van der Waals surface area contributed by atoms with E-state index in [-0.39, 0.29) is 11.9 Å². The highest BCUT2D eigenvalue weighted by molar-refractivity contribution is 5.94. The summed E-state index contributed by atoms with van der Waals surface area (Å²) in [5, 5.41) is 7.47. The van der Waals surface area contributed by atoms with Crippen LogP contribution < -0.4 is 5.32 Å². The molecule has 6 nitrogen and oxygen atoms in total. The van der Waals surface area contributed by atoms with Gasteiger partial charge in [0.05, 0.1) is 5.56 Å². The maximum Gasteiger partial charge on any atom is 0.253 e. The quantitative estimate of drug-likeness (QED) is 0.882. The highest BCUT2D eigenvalue weighted by Gasteiger charge is 2.28. The van der Waals surface area contributed by atoms with E-state index in [2.05, 4.69) is 20.3 Å². The minimum Gasteiger partial charge on any atom is -0.349 e. The SMILES string of the molecule is O=C(NC1CCCCC1CN1CCCCC1)c1ccc(-n2cccn2)nc1. The third kappa shape index (κ3) is 4.56.